The zero-order chi connectivity index (χ0) is 10.3. The van der Waals surface area contributed by atoms with E-state index in [1.54, 1.807) is 0 Å². The molecule has 7 nitrogen and oxygen atoms in total. The highest BCUT2D eigenvalue weighted by molar-refractivity contribution is 7.38. The number of carbonyl (C=O) groups is 1. The number of amides is 1. The van der Waals surface area contributed by atoms with Crippen molar-refractivity contribution in [3.63, 3.8) is 0 Å². The summed E-state index contributed by atoms with van der Waals surface area (Å²) < 4.78 is 5.00. The number of primary amides is 1. The molecule has 13 heavy (non-hydrogen) atoms. The second kappa shape index (κ2) is 7.14. The van der Waals surface area contributed by atoms with Crippen molar-refractivity contribution in [2.75, 3.05) is 19.7 Å². The summed E-state index contributed by atoms with van der Waals surface area (Å²) >= 11 is 0. The van der Waals surface area contributed by atoms with Gasteiger partial charge in [0.25, 0.3) is 0 Å². The molecule has 8 heteroatoms. The highest BCUT2D eigenvalue weighted by atomic mass is 31.2. The Kier molecular flexibility index (Phi) is 6.97. The van der Waals surface area contributed by atoms with Crippen LogP contribution in [-0.2, 0) is 9.53 Å². The number of nitrogens with two attached hydrogens (primary N) is 1. The topological polar surface area (TPSA) is 125 Å². The third kappa shape index (κ3) is 8.04. The van der Waals surface area contributed by atoms with E-state index in [9.17, 15) is 4.79 Å². The third-order valence-corrected chi connectivity index (χ3v) is 1.24. The lowest BCUT2D eigenvalue weighted by molar-refractivity contribution is -0.130. The van der Waals surface area contributed by atoms with Gasteiger partial charge in [0.05, 0.1) is 6.61 Å². The van der Waals surface area contributed by atoms with Gasteiger partial charge >= 0.3 is 8.60 Å². The first-order valence-electron chi connectivity index (χ1n) is 3.52. The zero-order valence-corrected chi connectivity index (χ0v) is 7.78. The average molecular weight is 212 g/mol. The molecule has 0 aromatic carbocycles. The first kappa shape index (κ1) is 12.7. The smallest absolute Gasteiger partial charge is 0.324 e. The monoisotopic (exact) mass is 212 g/mol. The van der Waals surface area contributed by atoms with E-state index in [1.165, 1.54) is 0 Å². The van der Waals surface area contributed by atoms with E-state index in [-0.39, 0.29) is 5.91 Å². The molecule has 1 aliphatic rings. The van der Waals surface area contributed by atoms with Gasteiger partial charge in [-0.05, 0) is 0 Å². The molecule has 1 aliphatic heterocycles. The number of morpholine rings is 1. The van der Waals surface area contributed by atoms with Gasteiger partial charge in [-0.1, -0.05) is 0 Å². The average Bonchev–Trinajstić information content (AvgIpc) is 2.05. The molecular formula is C5H13N2O5P. The number of carbonyl (C=O) groups excluding carboxylic acids is 1. The fourth-order valence-electron chi connectivity index (χ4n) is 0.748. The summed E-state index contributed by atoms with van der Waals surface area (Å²) in [4.78, 5) is 32.1. The molecule has 1 saturated heterocycles. The molecule has 1 fully saturated rings. The van der Waals surface area contributed by atoms with E-state index < -0.39 is 14.7 Å². The van der Waals surface area contributed by atoms with Crippen LogP contribution in [0.5, 0.6) is 0 Å². The van der Waals surface area contributed by atoms with Crippen LogP contribution in [0.2, 0.25) is 0 Å². The summed E-state index contributed by atoms with van der Waals surface area (Å²) in [5.74, 6) is -0.387. The van der Waals surface area contributed by atoms with Crippen molar-refractivity contribution >= 4 is 14.5 Å². The summed E-state index contributed by atoms with van der Waals surface area (Å²) in [6.45, 7) is 1.94. The number of rotatable bonds is 1. The Morgan fingerprint density at radius 3 is 2.31 bits per heavy atom. The number of ether oxygens (including phenoxy) is 1. The van der Waals surface area contributed by atoms with Crippen LogP contribution in [-0.4, -0.2) is 46.4 Å². The maximum atomic E-state index is 10.4. The molecule has 0 spiro atoms. The van der Waals surface area contributed by atoms with Crippen LogP contribution in [0.1, 0.15) is 0 Å². The van der Waals surface area contributed by atoms with Crippen LogP contribution in [0.4, 0.5) is 0 Å². The standard InChI is InChI=1S/C5H10N2O2.H3O3P/c6-5(8)4-3-7-1-2-9-4;1-4(2)3/h4,7H,1-3H2,(H2,6,8);1-3H. The number of hydrogen-bond donors (Lipinski definition) is 5. The summed E-state index contributed by atoms with van der Waals surface area (Å²) in [5, 5.41) is 2.99. The minimum Gasteiger partial charge on any atom is -0.367 e. The lowest BCUT2D eigenvalue weighted by Crippen LogP contribution is -2.45. The zero-order valence-electron chi connectivity index (χ0n) is 6.88. The predicted octanol–water partition coefficient (Wildman–Crippen LogP) is -2.35. The fourth-order valence-corrected chi connectivity index (χ4v) is 0.748. The Labute approximate surface area is 76.5 Å². The molecule has 1 unspecified atom stereocenters. The van der Waals surface area contributed by atoms with Gasteiger partial charge in [0.1, 0.15) is 6.10 Å². The van der Waals surface area contributed by atoms with E-state index in [0.29, 0.717) is 13.2 Å². The molecule has 0 saturated carbocycles. The molecule has 1 amide bonds. The Morgan fingerprint density at radius 2 is 2.08 bits per heavy atom. The highest BCUT2D eigenvalue weighted by Gasteiger charge is 2.17. The normalized spacial score (nSPS) is 22.0. The molecule has 0 bridgehead atoms. The van der Waals surface area contributed by atoms with Crippen LogP contribution >= 0.6 is 8.60 Å². The van der Waals surface area contributed by atoms with Crippen molar-refractivity contribution in [2.24, 2.45) is 5.73 Å². The molecule has 0 radical (unpaired) electrons. The van der Waals surface area contributed by atoms with Gasteiger partial charge in [-0.15, -0.1) is 0 Å². The van der Waals surface area contributed by atoms with Gasteiger partial charge in [0, 0.05) is 13.1 Å². The van der Waals surface area contributed by atoms with E-state index in [2.05, 4.69) is 5.32 Å². The van der Waals surface area contributed by atoms with Gasteiger partial charge < -0.3 is 30.5 Å². The maximum Gasteiger partial charge on any atom is 0.324 e. The molecule has 1 heterocycles. The molecule has 1 rings (SSSR count). The molecular weight excluding hydrogens is 199 g/mol. The summed E-state index contributed by atoms with van der Waals surface area (Å²) in [7, 11) is -2.62. The molecule has 0 aromatic rings. The van der Waals surface area contributed by atoms with Crippen molar-refractivity contribution in [3.05, 3.63) is 0 Å². The Hall–Kier alpha value is -0.300. The first-order valence-corrected chi connectivity index (χ1v) is 4.72. The fraction of sp³-hybridized carbons (Fsp3) is 0.800. The van der Waals surface area contributed by atoms with E-state index in [4.69, 9.17) is 25.2 Å². The van der Waals surface area contributed by atoms with Gasteiger partial charge in [-0.3, -0.25) is 4.79 Å². The van der Waals surface area contributed by atoms with Gasteiger partial charge in [0.15, 0.2) is 0 Å². The second-order valence-electron chi connectivity index (χ2n) is 2.23. The quantitative estimate of drug-likeness (QED) is 0.310. The first-order chi connectivity index (χ1) is 6.04. The summed E-state index contributed by atoms with van der Waals surface area (Å²) in [6, 6.07) is 0. The van der Waals surface area contributed by atoms with Crippen molar-refractivity contribution in [1.82, 2.24) is 5.32 Å². The van der Waals surface area contributed by atoms with Crippen molar-refractivity contribution < 1.29 is 24.2 Å². The van der Waals surface area contributed by atoms with Gasteiger partial charge in [-0.25, -0.2) is 0 Å². The molecule has 78 valence electrons. The lowest BCUT2D eigenvalue weighted by atomic mass is 10.3. The molecule has 0 aliphatic carbocycles. The van der Waals surface area contributed by atoms with Crippen LogP contribution in [0.25, 0.3) is 0 Å². The number of hydrogen-bond acceptors (Lipinski definition) is 6. The van der Waals surface area contributed by atoms with Gasteiger partial charge in [0.2, 0.25) is 5.91 Å². The number of nitrogens with one attached hydrogen (secondary N) is 1. The Balaban J connectivity index is 0.000000310. The minimum absolute atomic E-state index is 0.387. The highest BCUT2D eigenvalue weighted by Crippen LogP contribution is 2.11. The van der Waals surface area contributed by atoms with E-state index in [1.807, 2.05) is 0 Å². The lowest BCUT2D eigenvalue weighted by Gasteiger charge is -2.20. The van der Waals surface area contributed by atoms with Crippen molar-refractivity contribution in [3.8, 4) is 0 Å². The molecule has 6 N–H and O–H groups in total. The Morgan fingerprint density at radius 1 is 1.54 bits per heavy atom. The van der Waals surface area contributed by atoms with Crippen LogP contribution in [0, 0.1) is 0 Å². The van der Waals surface area contributed by atoms with E-state index >= 15 is 0 Å². The third-order valence-electron chi connectivity index (χ3n) is 1.24. The van der Waals surface area contributed by atoms with Crippen LogP contribution in [0.15, 0.2) is 0 Å². The largest absolute Gasteiger partial charge is 0.367 e. The van der Waals surface area contributed by atoms with Crippen molar-refractivity contribution in [1.29, 1.82) is 0 Å². The maximum absolute atomic E-state index is 10.4. The minimum atomic E-state index is -2.62. The Bertz CT molecular complexity index is 147. The summed E-state index contributed by atoms with van der Waals surface area (Å²) in [5.41, 5.74) is 4.96. The predicted molar refractivity (Wildman–Crippen MR) is 45.4 cm³/mol. The second-order valence-corrected chi connectivity index (χ2v) is 2.77. The molecule has 1 atom stereocenters. The van der Waals surface area contributed by atoms with Crippen LogP contribution < -0.4 is 11.1 Å². The molecule has 0 aromatic heterocycles. The summed E-state index contributed by atoms with van der Waals surface area (Å²) in [6.07, 6.45) is -0.418. The van der Waals surface area contributed by atoms with Crippen molar-refractivity contribution in [2.45, 2.75) is 6.10 Å². The SMILES string of the molecule is NC(=O)C1CNCCO1.OP(O)O. The van der Waals surface area contributed by atoms with E-state index in [0.717, 1.165) is 6.54 Å². The van der Waals surface area contributed by atoms with Gasteiger partial charge in [-0.2, -0.15) is 0 Å². The van der Waals surface area contributed by atoms with Crippen LogP contribution in [0.3, 0.4) is 0 Å².